The van der Waals surface area contributed by atoms with E-state index in [0.29, 0.717) is 11.8 Å². The lowest BCUT2D eigenvalue weighted by Gasteiger charge is -2.26. The maximum atomic E-state index is 12.6. The Labute approximate surface area is 140 Å². The van der Waals surface area contributed by atoms with Crippen molar-refractivity contribution < 1.29 is 4.79 Å². The molecule has 2 N–H and O–H groups in total. The number of rotatable bonds is 4. The second kappa shape index (κ2) is 5.24. The van der Waals surface area contributed by atoms with Gasteiger partial charge in [-0.05, 0) is 57.2 Å². The first-order chi connectivity index (χ1) is 11.0. The van der Waals surface area contributed by atoms with Crippen molar-refractivity contribution >= 4 is 23.2 Å². The molecular formula is C17H22N4OS. The third kappa shape index (κ3) is 2.35. The van der Waals surface area contributed by atoms with Gasteiger partial charge in [-0.3, -0.25) is 4.79 Å². The number of hydrogen-bond donors (Lipinski definition) is 2. The molecule has 3 atom stereocenters. The van der Waals surface area contributed by atoms with Crippen molar-refractivity contribution in [3.05, 3.63) is 30.4 Å². The van der Waals surface area contributed by atoms with Gasteiger partial charge in [-0.1, -0.05) is 0 Å². The number of piperidine rings is 1. The van der Waals surface area contributed by atoms with E-state index in [1.807, 2.05) is 32.3 Å². The van der Waals surface area contributed by atoms with Gasteiger partial charge in [0.15, 0.2) is 0 Å². The third-order valence-corrected chi connectivity index (χ3v) is 5.93. The summed E-state index contributed by atoms with van der Waals surface area (Å²) in [7, 11) is 0. The number of amides is 1. The standard InChI is InChI=1S/C17H22N4OS/c1-17(2,20-15(22)14-10-7-18-8-11(10)14)16-19-9-12-13(23-3)5-4-6-21(12)16/h4-6,9-11,14,18H,7-8H2,1-3H3,(H,20,22)/t10-,11+,14+. The zero-order chi connectivity index (χ0) is 16.2. The fourth-order valence-electron chi connectivity index (χ4n) is 3.89. The molecule has 0 spiro atoms. The number of imidazole rings is 1. The van der Waals surface area contributed by atoms with Crippen LogP contribution in [0.2, 0.25) is 0 Å². The molecule has 23 heavy (non-hydrogen) atoms. The van der Waals surface area contributed by atoms with Gasteiger partial charge in [0.05, 0.1) is 17.3 Å². The Morgan fingerprint density at radius 1 is 1.43 bits per heavy atom. The average Bonchev–Trinajstić information content (AvgIpc) is 2.91. The predicted octanol–water partition coefficient (Wildman–Crippen LogP) is 1.87. The van der Waals surface area contributed by atoms with Crippen molar-refractivity contribution in [3.63, 3.8) is 0 Å². The minimum absolute atomic E-state index is 0.171. The van der Waals surface area contributed by atoms with Crippen LogP contribution in [-0.4, -0.2) is 34.6 Å². The SMILES string of the molecule is CSc1cccn2c(C(C)(C)NC(=O)[C@H]3[C@@H]4CNC[C@@H]43)ncc12. The van der Waals surface area contributed by atoms with Crippen LogP contribution in [0, 0.1) is 17.8 Å². The Balaban J connectivity index is 1.60. The molecule has 1 amide bonds. The Kier molecular flexibility index (Phi) is 3.43. The normalized spacial score (nSPS) is 26.3. The van der Waals surface area contributed by atoms with Gasteiger partial charge in [0.1, 0.15) is 5.82 Å². The van der Waals surface area contributed by atoms with Gasteiger partial charge in [0.25, 0.3) is 0 Å². The molecule has 0 bridgehead atoms. The highest BCUT2D eigenvalue weighted by molar-refractivity contribution is 7.98. The van der Waals surface area contributed by atoms with Crippen molar-refractivity contribution in [2.45, 2.75) is 24.3 Å². The van der Waals surface area contributed by atoms with Crippen LogP contribution in [0.5, 0.6) is 0 Å². The van der Waals surface area contributed by atoms with Gasteiger partial charge in [-0.2, -0.15) is 0 Å². The van der Waals surface area contributed by atoms with Crippen molar-refractivity contribution in [2.75, 3.05) is 19.3 Å². The van der Waals surface area contributed by atoms with E-state index in [0.717, 1.165) is 24.4 Å². The first-order valence-corrected chi connectivity index (χ1v) is 9.28. The van der Waals surface area contributed by atoms with Crippen molar-refractivity contribution in [1.82, 2.24) is 20.0 Å². The van der Waals surface area contributed by atoms with Gasteiger partial charge in [0.2, 0.25) is 5.91 Å². The van der Waals surface area contributed by atoms with Gasteiger partial charge in [-0.15, -0.1) is 11.8 Å². The molecular weight excluding hydrogens is 308 g/mol. The molecule has 122 valence electrons. The number of aromatic nitrogens is 2. The second-order valence-electron chi connectivity index (χ2n) is 7.04. The van der Waals surface area contributed by atoms with Crippen LogP contribution in [0.1, 0.15) is 19.7 Å². The maximum absolute atomic E-state index is 12.6. The van der Waals surface area contributed by atoms with E-state index >= 15 is 0 Å². The highest BCUT2D eigenvalue weighted by atomic mass is 32.2. The molecule has 4 rings (SSSR count). The number of pyridine rings is 1. The molecule has 2 aromatic heterocycles. The highest BCUT2D eigenvalue weighted by Gasteiger charge is 2.57. The molecule has 1 aliphatic carbocycles. The van der Waals surface area contributed by atoms with E-state index in [1.165, 1.54) is 4.90 Å². The lowest BCUT2D eigenvalue weighted by Crippen LogP contribution is -2.44. The number of hydrogen-bond acceptors (Lipinski definition) is 4. The fourth-order valence-corrected chi connectivity index (χ4v) is 4.46. The van der Waals surface area contributed by atoms with Crippen LogP contribution in [0.15, 0.2) is 29.4 Å². The van der Waals surface area contributed by atoms with Gasteiger partial charge in [0, 0.05) is 17.0 Å². The quantitative estimate of drug-likeness (QED) is 0.841. The smallest absolute Gasteiger partial charge is 0.224 e. The van der Waals surface area contributed by atoms with Crippen LogP contribution in [0.3, 0.4) is 0 Å². The minimum atomic E-state index is -0.495. The third-order valence-electron chi connectivity index (χ3n) is 5.14. The molecule has 2 aromatic rings. The van der Waals surface area contributed by atoms with E-state index in [1.54, 1.807) is 11.8 Å². The van der Waals surface area contributed by atoms with E-state index < -0.39 is 5.54 Å². The Morgan fingerprint density at radius 3 is 2.87 bits per heavy atom. The fraction of sp³-hybridized carbons (Fsp3) is 0.529. The topological polar surface area (TPSA) is 58.4 Å². The van der Waals surface area contributed by atoms with Crippen molar-refractivity contribution in [1.29, 1.82) is 0 Å². The molecule has 1 aliphatic heterocycles. The van der Waals surface area contributed by atoms with Gasteiger partial charge in [-0.25, -0.2) is 4.98 Å². The predicted molar refractivity (Wildman–Crippen MR) is 91.5 cm³/mol. The summed E-state index contributed by atoms with van der Waals surface area (Å²) in [6.07, 6.45) is 5.97. The van der Waals surface area contributed by atoms with E-state index in [4.69, 9.17) is 0 Å². The van der Waals surface area contributed by atoms with Crippen LogP contribution in [-0.2, 0) is 10.3 Å². The van der Waals surface area contributed by atoms with Crippen LogP contribution in [0.4, 0.5) is 0 Å². The summed E-state index contributed by atoms with van der Waals surface area (Å²) < 4.78 is 2.08. The molecule has 0 radical (unpaired) electrons. The molecule has 1 saturated heterocycles. The first-order valence-electron chi connectivity index (χ1n) is 8.06. The van der Waals surface area contributed by atoms with Crippen LogP contribution >= 0.6 is 11.8 Å². The summed E-state index contributed by atoms with van der Waals surface area (Å²) in [4.78, 5) is 18.4. The average molecular weight is 330 g/mol. The van der Waals surface area contributed by atoms with Gasteiger partial charge >= 0.3 is 0 Å². The van der Waals surface area contributed by atoms with Crippen molar-refractivity contribution in [2.24, 2.45) is 17.8 Å². The zero-order valence-electron chi connectivity index (χ0n) is 13.7. The van der Waals surface area contributed by atoms with Crippen molar-refractivity contribution in [3.8, 4) is 0 Å². The maximum Gasteiger partial charge on any atom is 0.224 e. The molecule has 6 heteroatoms. The number of nitrogens with zero attached hydrogens (tertiary/aromatic N) is 2. The summed E-state index contributed by atoms with van der Waals surface area (Å²) in [6, 6.07) is 4.12. The summed E-state index contributed by atoms with van der Waals surface area (Å²) in [5.74, 6) is 2.30. The minimum Gasteiger partial charge on any atom is -0.344 e. The van der Waals surface area contributed by atoms with E-state index in [-0.39, 0.29) is 11.8 Å². The Morgan fingerprint density at radius 2 is 2.17 bits per heavy atom. The highest BCUT2D eigenvalue weighted by Crippen LogP contribution is 2.49. The lowest BCUT2D eigenvalue weighted by atomic mass is 10.0. The molecule has 0 aromatic carbocycles. The summed E-state index contributed by atoms with van der Waals surface area (Å²) in [5, 5.41) is 6.56. The number of fused-ring (bicyclic) bond motifs is 2. The second-order valence-corrected chi connectivity index (χ2v) is 7.89. The number of carbonyl (C=O) groups is 1. The molecule has 5 nitrogen and oxygen atoms in total. The first kappa shape index (κ1) is 15.0. The Hall–Kier alpha value is -1.53. The lowest BCUT2D eigenvalue weighted by molar-refractivity contribution is -0.124. The molecule has 0 unspecified atom stereocenters. The molecule has 2 aliphatic rings. The summed E-state index contributed by atoms with van der Waals surface area (Å²) in [5.41, 5.74) is 0.593. The molecule has 2 fully saturated rings. The molecule has 1 saturated carbocycles. The van der Waals surface area contributed by atoms with Crippen LogP contribution in [0.25, 0.3) is 5.52 Å². The zero-order valence-corrected chi connectivity index (χ0v) is 14.5. The largest absolute Gasteiger partial charge is 0.344 e. The van der Waals surface area contributed by atoms with Gasteiger partial charge < -0.3 is 15.0 Å². The monoisotopic (exact) mass is 330 g/mol. The van der Waals surface area contributed by atoms with E-state index in [2.05, 4.69) is 32.3 Å². The van der Waals surface area contributed by atoms with E-state index in [9.17, 15) is 4.79 Å². The Bertz CT molecular complexity index is 759. The summed E-state index contributed by atoms with van der Waals surface area (Å²) >= 11 is 1.71. The van der Waals surface area contributed by atoms with Crippen LogP contribution < -0.4 is 10.6 Å². The molecule has 3 heterocycles. The number of carbonyl (C=O) groups excluding carboxylic acids is 1. The summed E-state index contributed by atoms with van der Waals surface area (Å²) in [6.45, 7) is 6.02. The number of nitrogens with one attached hydrogen (secondary N) is 2. The number of thioether (sulfide) groups is 1.